The largest absolute Gasteiger partial charge is 0.477 e. The molecule has 3 amide bonds. The second kappa shape index (κ2) is 11.1. The molecule has 0 aliphatic carbocycles. The lowest BCUT2D eigenvalue weighted by Crippen LogP contribution is -2.71. The van der Waals surface area contributed by atoms with Crippen molar-refractivity contribution < 1.29 is 28.9 Å². The van der Waals surface area contributed by atoms with Gasteiger partial charge in [-0.1, -0.05) is 23.2 Å². The minimum absolute atomic E-state index is 0.0202. The van der Waals surface area contributed by atoms with Crippen LogP contribution in [0.2, 0.25) is 10.0 Å². The molecular weight excluding hydrogens is 547 g/mol. The lowest BCUT2D eigenvalue weighted by molar-refractivity contribution is -0.689. The summed E-state index contributed by atoms with van der Waals surface area (Å²) in [5.41, 5.74) is 6.43. The van der Waals surface area contributed by atoms with Crippen LogP contribution in [0.25, 0.3) is 0 Å². The molecule has 36 heavy (non-hydrogen) atoms. The number of amides is 3. The van der Waals surface area contributed by atoms with Crippen LogP contribution >= 0.6 is 46.7 Å². The van der Waals surface area contributed by atoms with E-state index >= 15 is 0 Å². The molecule has 0 radical (unpaired) electrons. The number of nitrogens with two attached hydrogens (primary N) is 1. The second-order valence-electron chi connectivity index (χ2n) is 8.10. The van der Waals surface area contributed by atoms with Crippen LogP contribution in [-0.4, -0.2) is 56.6 Å². The Morgan fingerprint density at radius 1 is 1.28 bits per heavy atom. The molecule has 0 unspecified atom stereocenters. The van der Waals surface area contributed by atoms with Gasteiger partial charge in [-0.2, -0.15) is 0 Å². The van der Waals surface area contributed by atoms with Crippen LogP contribution in [0.4, 0.5) is 0 Å². The summed E-state index contributed by atoms with van der Waals surface area (Å²) in [7, 11) is 0. The number of nitrogens with one attached hydrogen (secondary N) is 1. The third-order valence-electron chi connectivity index (χ3n) is 5.49. The monoisotopic (exact) mass is 567 g/mol. The fourth-order valence-electron chi connectivity index (χ4n) is 3.95. The van der Waals surface area contributed by atoms with Gasteiger partial charge in [-0.05, 0) is 24.3 Å². The van der Waals surface area contributed by atoms with Crippen LogP contribution in [0.15, 0.2) is 58.9 Å². The van der Waals surface area contributed by atoms with Crippen molar-refractivity contribution in [1.29, 1.82) is 0 Å². The maximum atomic E-state index is 12.9. The average molecular weight is 568 g/mol. The molecule has 13 heteroatoms. The van der Waals surface area contributed by atoms with E-state index in [1.54, 1.807) is 47.3 Å². The lowest BCUT2D eigenvalue weighted by atomic mass is 10.0. The molecule has 2 aromatic rings. The van der Waals surface area contributed by atoms with Gasteiger partial charge in [0.05, 0.1) is 17.2 Å². The van der Waals surface area contributed by atoms with Gasteiger partial charge in [0.25, 0.3) is 5.91 Å². The number of benzene rings is 1. The molecule has 3 heterocycles. The van der Waals surface area contributed by atoms with Gasteiger partial charge in [0.15, 0.2) is 18.9 Å². The van der Waals surface area contributed by atoms with Crippen molar-refractivity contribution in [3.63, 3.8) is 0 Å². The molecule has 4 rings (SSSR count). The predicted octanol–water partition coefficient (Wildman–Crippen LogP) is 1.84. The molecule has 2 aliphatic heterocycles. The summed E-state index contributed by atoms with van der Waals surface area (Å²) in [6, 6.07) is 7.62. The zero-order valence-electron chi connectivity index (χ0n) is 18.6. The number of fused-ring (bicyclic) bond motifs is 1. The van der Waals surface area contributed by atoms with Gasteiger partial charge in [-0.15, -0.1) is 23.5 Å². The summed E-state index contributed by atoms with van der Waals surface area (Å²) in [6.45, 7) is 0.228. The third-order valence-corrected chi connectivity index (χ3v) is 8.56. The van der Waals surface area contributed by atoms with E-state index in [0.29, 0.717) is 31.8 Å². The van der Waals surface area contributed by atoms with Crippen LogP contribution in [0.3, 0.4) is 0 Å². The number of aliphatic carboxylic acids is 1. The van der Waals surface area contributed by atoms with E-state index in [0.717, 1.165) is 0 Å². The number of pyridine rings is 1. The molecular formula is C23H21Cl2N4O5S2+. The highest BCUT2D eigenvalue weighted by molar-refractivity contribution is 8.00. The fourth-order valence-corrected chi connectivity index (χ4v) is 6.59. The van der Waals surface area contributed by atoms with Gasteiger partial charge in [0, 0.05) is 32.9 Å². The van der Waals surface area contributed by atoms with E-state index in [1.165, 1.54) is 28.4 Å². The van der Waals surface area contributed by atoms with Crippen LogP contribution in [0, 0.1) is 0 Å². The van der Waals surface area contributed by atoms with Crippen LogP contribution in [-0.2, 0) is 32.1 Å². The smallest absolute Gasteiger partial charge is 0.352 e. The number of carboxylic acids is 1. The van der Waals surface area contributed by atoms with Crippen molar-refractivity contribution in [2.45, 2.75) is 29.3 Å². The van der Waals surface area contributed by atoms with Gasteiger partial charge in [0.2, 0.25) is 11.8 Å². The molecule has 9 nitrogen and oxygen atoms in total. The van der Waals surface area contributed by atoms with Crippen molar-refractivity contribution in [2.75, 3.05) is 11.5 Å². The molecule has 188 valence electrons. The Balaban J connectivity index is 1.43. The summed E-state index contributed by atoms with van der Waals surface area (Å²) in [6.07, 6.45) is 3.54. The molecule has 0 saturated carbocycles. The van der Waals surface area contributed by atoms with E-state index < -0.39 is 29.2 Å². The van der Waals surface area contributed by atoms with Crippen molar-refractivity contribution in [1.82, 2.24) is 10.2 Å². The van der Waals surface area contributed by atoms with Gasteiger partial charge >= 0.3 is 5.97 Å². The number of hydrogen-bond donors (Lipinski definition) is 3. The first kappa shape index (κ1) is 26.3. The molecule has 2 aliphatic rings. The molecule has 1 saturated heterocycles. The summed E-state index contributed by atoms with van der Waals surface area (Å²) in [5.74, 6) is -2.15. The quantitative estimate of drug-likeness (QED) is 0.239. The average Bonchev–Trinajstić information content (AvgIpc) is 2.82. The fraction of sp³-hybridized carbons (Fsp3) is 0.261. The summed E-state index contributed by atoms with van der Waals surface area (Å²) in [4.78, 5) is 50.6. The Kier molecular flexibility index (Phi) is 8.13. The summed E-state index contributed by atoms with van der Waals surface area (Å²) in [5, 5.41) is 13.0. The highest BCUT2D eigenvalue weighted by Gasteiger charge is 2.54. The van der Waals surface area contributed by atoms with Crippen LogP contribution in [0.5, 0.6) is 0 Å². The first-order valence-electron chi connectivity index (χ1n) is 10.7. The van der Waals surface area contributed by atoms with E-state index in [4.69, 9.17) is 28.9 Å². The Bertz CT molecular complexity index is 1290. The molecule has 0 bridgehead atoms. The molecule has 2 atom stereocenters. The van der Waals surface area contributed by atoms with Gasteiger partial charge < -0.3 is 16.2 Å². The summed E-state index contributed by atoms with van der Waals surface area (Å²) >= 11 is 14.7. The molecule has 1 aromatic heterocycles. The van der Waals surface area contributed by atoms with Crippen LogP contribution in [0.1, 0.15) is 5.56 Å². The maximum absolute atomic E-state index is 12.9. The molecule has 1 fully saturated rings. The Morgan fingerprint density at radius 3 is 2.78 bits per heavy atom. The third kappa shape index (κ3) is 5.80. The van der Waals surface area contributed by atoms with E-state index in [-0.39, 0.29) is 30.3 Å². The molecule has 1 aromatic carbocycles. The number of nitrogens with zero attached hydrogens (tertiary/aromatic N) is 2. The van der Waals surface area contributed by atoms with Crippen molar-refractivity contribution in [2.24, 2.45) is 5.73 Å². The van der Waals surface area contributed by atoms with Crippen LogP contribution < -0.4 is 15.6 Å². The predicted molar refractivity (Wildman–Crippen MR) is 136 cm³/mol. The maximum Gasteiger partial charge on any atom is 0.352 e. The number of thioether (sulfide) groups is 2. The van der Waals surface area contributed by atoms with Gasteiger partial charge in [-0.25, -0.2) is 9.36 Å². The van der Waals surface area contributed by atoms with E-state index in [2.05, 4.69) is 5.32 Å². The van der Waals surface area contributed by atoms with E-state index in [9.17, 15) is 24.3 Å². The normalized spacial score (nSPS) is 18.9. The first-order chi connectivity index (χ1) is 17.1. The van der Waals surface area contributed by atoms with E-state index in [1.807, 2.05) is 0 Å². The number of rotatable bonds is 9. The number of primary amides is 1. The minimum atomic E-state index is -1.21. The number of halogens is 2. The number of carboxylic acid groups (broad SMARTS) is 1. The Morgan fingerprint density at radius 2 is 2.06 bits per heavy atom. The number of hydrogen-bond acceptors (Lipinski definition) is 6. The first-order valence-corrected chi connectivity index (χ1v) is 13.5. The topological polar surface area (TPSA) is 134 Å². The summed E-state index contributed by atoms with van der Waals surface area (Å²) < 4.78 is 1.75. The standard InChI is InChI=1S/C23H20Cl2N4O5S2/c24-14-3-4-15(25)16(7-14)35-11-18(31)27-19-21(32)29-20(23(33)34)13(10-36-22(19)29)9-28-5-1-2-12(8-28)6-17(26)30/h1-5,7-8,19,22H,6,9-11H2,(H3-,26,27,30,31,33,34)/p+1/t19-,22+/m0/s1. The van der Waals surface area contributed by atoms with Gasteiger partial charge in [-0.3, -0.25) is 19.3 Å². The highest BCUT2D eigenvalue weighted by atomic mass is 35.5. The highest BCUT2D eigenvalue weighted by Crippen LogP contribution is 2.40. The SMILES string of the molecule is NC(=O)Cc1ccc[n+](CC2=C(C(=O)O)N3C(=O)[C@H](NC(=O)CSc4cc(Cl)ccc4Cl)[C@H]3SC2)c1. The molecule has 0 spiro atoms. The van der Waals surface area contributed by atoms with Crippen molar-refractivity contribution >= 4 is 70.4 Å². The Labute approximate surface area is 225 Å². The molecule has 4 N–H and O–H groups in total. The Hall–Kier alpha value is -2.73. The van der Waals surface area contributed by atoms with Gasteiger partial charge in [0.1, 0.15) is 17.1 Å². The number of carbonyl (C=O) groups is 4. The number of carbonyl (C=O) groups excluding carboxylic acids is 3. The zero-order valence-corrected chi connectivity index (χ0v) is 21.8. The van der Waals surface area contributed by atoms with Crippen molar-refractivity contribution in [3.05, 3.63) is 69.6 Å². The number of aromatic nitrogens is 1. The lowest BCUT2D eigenvalue weighted by Gasteiger charge is -2.49. The zero-order chi connectivity index (χ0) is 26.0. The second-order valence-corrected chi connectivity index (χ2v) is 11.1. The number of β-lactam (4-membered cyclic amide) rings is 1. The van der Waals surface area contributed by atoms with Crippen molar-refractivity contribution in [3.8, 4) is 0 Å². The minimum Gasteiger partial charge on any atom is -0.477 e.